The second-order valence-corrected chi connectivity index (χ2v) is 17.9. The lowest BCUT2D eigenvalue weighted by Crippen LogP contribution is -2.59. The summed E-state index contributed by atoms with van der Waals surface area (Å²) in [6, 6.07) is 17.2. The number of rotatable bonds is 9. The molecule has 2 aliphatic rings. The van der Waals surface area contributed by atoms with Gasteiger partial charge in [0.05, 0.1) is 17.9 Å². The summed E-state index contributed by atoms with van der Waals surface area (Å²) in [5.74, 6) is 1.17. The van der Waals surface area contributed by atoms with Crippen molar-refractivity contribution in [1.82, 2.24) is 19.7 Å². The Balaban J connectivity index is 1.65. The topological polar surface area (TPSA) is 95.4 Å². The Kier molecular flexibility index (Phi) is 11.0. The van der Waals surface area contributed by atoms with Crippen LogP contribution in [0.1, 0.15) is 76.8 Å². The number of aromatic nitrogens is 1. The predicted molar refractivity (Wildman–Crippen MR) is 202 cm³/mol. The molecule has 3 aromatic rings. The van der Waals surface area contributed by atoms with Crippen LogP contribution in [0, 0.1) is 0 Å². The van der Waals surface area contributed by atoms with Crippen LogP contribution in [0.15, 0.2) is 65.8 Å². The molecule has 270 valence electrons. The van der Waals surface area contributed by atoms with Gasteiger partial charge in [-0.15, -0.1) is 0 Å². The summed E-state index contributed by atoms with van der Waals surface area (Å²) in [4.78, 5) is 31.4. The molecule has 1 aromatic heterocycles. The molecule has 1 saturated heterocycles. The Hall–Kier alpha value is -3.18. The van der Waals surface area contributed by atoms with Crippen molar-refractivity contribution in [2.75, 3.05) is 45.3 Å². The molecular weight excluding hydrogens is 693 g/mol. The van der Waals surface area contributed by atoms with Crippen molar-refractivity contribution in [3.63, 3.8) is 0 Å². The molecule has 2 amide bonds. The zero-order valence-corrected chi connectivity index (χ0v) is 32.7. The number of pyridine rings is 1. The molecule has 2 aromatic carbocycles. The maximum atomic E-state index is 15.2. The third kappa shape index (κ3) is 7.54. The second kappa shape index (κ2) is 14.4. The maximum Gasteiger partial charge on any atom is 0.326 e. The molecular formula is C38H49Cl2N5O4S. The van der Waals surface area contributed by atoms with Gasteiger partial charge in [0.15, 0.2) is 0 Å². The smallest absolute Gasteiger partial charge is 0.326 e. The largest absolute Gasteiger partial charge is 0.493 e. The van der Waals surface area contributed by atoms with Crippen LogP contribution in [0.25, 0.3) is 0 Å². The number of carbonyl (C=O) groups is 1. The summed E-state index contributed by atoms with van der Waals surface area (Å²) in [7, 11) is -1.12. The highest BCUT2D eigenvalue weighted by molar-refractivity contribution is 7.90. The zero-order chi connectivity index (χ0) is 36.6. The summed E-state index contributed by atoms with van der Waals surface area (Å²) in [6.07, 6.45) is 4.47. The predicted octanol–water partition coefficient (Wildman–Crippen LogP) is 7.54. The number of amides is 2. The van der Waals surface area contributed by atoms with Gasteiger partial charge in [-0.1, -0.05) is 68.2 Å². The van der Waals surface area contributed by atoms with Crippen LogP contribution in [0.4, 0.5) is 4.79 Å². The van der Waals surface area contributed by atoms with E-state index in [-0.39, 0.29) is 23.2 Å². The third-order valence-corrected chi connectivity index (χ3v) is 11.7. The number of carbonyl (C=O) groups excluding carboxylic acids is 1. The molecule has 9 nitrogen and oxygen atoms in total. The van der Waals surface area contributed by atoms with Crippen molar-refractivity contribution in [3.8, 4) is 5.75 Å². The quantitative estimate of drug-likeness (QED) is 0.225. The fourth-order valence-corrected chi connectivity index (χ4v) is 7.86. The van der Waals surface area contributed by atoms with Crippen molar-refractivity contribution in [2.24, 2.45) is 4.99 Å². The first kappa shape index (κ1) is 38.1. The molecule has 0 radical (unpaired) electrons. The highest BCUT2D eigenvalue weighted by atomic mass is 35.5. The molecule has 3 heterocycles. The highest BCUT2D eigenvalue weighted by Gasteiger charge is 2.60. The van der Waals surface area contributed by atoms with Crippen LogP contribution in [0.2, 0.25) is 10.0 Å². The number of benzene rings is 2. The van der Waals surface area contributed by atoms with E-state index < -0.39 is 20.9 Å². The number of hydrogen-bond donors (Lipinski definition) is 0. The Morgan fingerprint density at radius 3 is 2.08 bits per heavy atom. The Morgan fingerprint density at radius 2 is 1.56 bits per heavy atom. The molecule has 0 saturated carbocycles. The van der Waals surface area contributed by atoms with Crippen LogP contribution >= 0.6 is 23.2 Å². The van der Waals surface area contributed by atoms with E-state index in [1.165, 1.54) is 6.26 Å². The monoisotopic (exact) mass is 741 g/mol. The highest BCUT2D eigenvalue weighted by Crippen LogP contribution is 2.54. The average Bonchev–Trinajstić information content (AvgIpc) is 3.31. The minimum absolute atomic E-state index is 0.100. The molecule has 12 heteroatoms. The van der Waals surface area contributed by atoms with E-state index in [0.717, 1.165) is 16.8 Å². The fourth-order valence-electron chi connectivity index (χ4n) is 6.99. The van der Waals surface area contributed by atoms with E-state index in [1.807, 2.05) is 78.4 Å². The third-order valence-electron chi connectivity index (χ3n) is 10.3. The number of likely N-dealkylation sites (tertiary alicyclic amines) is 1. The van der Waals surface area contributed by atoms with Crippen molar-refractivity contribution in [2.45, 2.75) is 76.9 Å². The summed E-state index contributed by atoms with van der Waals surface area (Å²) in [5.41, 5.74) is 0.992. The number of hydrogen-bond acceptors (Lipinski definition) is 7. The van der Waals surface area contributed by atoms with E-state index in [0.29, 0.717) is 66.3 Å². The van der Waals surface area contributed by atoms with E-state index in [2.05, 4.69) is 39.5 Å². The van der Waals surface area contributed by atoms with Crippen molar-refractivity contribution < 1.29 is 17.9 Å². The molecule has 0 bridgehead atoms. The van der Waals surface area contributed by atoms with Gasteiger partial charge in [-0.05, 0) is 76.1 Å². The molecule has 2 aliphatic heterocycles. The molecule has 0 N–H and O–H groups in total. The van der Waals surface area contributed by atoms with Gasteiger partial charge in [0.25, 0.3) is 0 Å². The number of urea groups is 1. The normalized spacial score (nSPS) is 21.9. The molecule has 50 heavy (non-hydrogen) atoms. The van der Waals surface area contributed by atoms with E-state index in [9.17, 15) is 8.42 Å². The van der Waals surface area contributed by atoms with Crippen LogP contribution in [-0.2, 0) is 26.3 Å². The van der Waals surface area contributed by atoms with Crippen LogP contribution in [-0.4, -0.2) is 91.3 Å². The van der Waals surface area contributed by atoms with Gasteiger partial charge in [-0.2, -0.15) is 0 Å². The SMILES string of the molecule is CCOc1cc(C(C)(C)C)ncc1C1=N[C@@](C)(c2ccc(Cl)cc2)[C@@](C)(c2ccc(Cl)cc2)N1C(=O)N1CCC(N(C)CCS(C)(=O)=O)CC1. The van der Waals surface area contributed by atoms with Crippen LogP contribution < -0.4 is 4.74 Å². The van der Waals surface area contributed by atoms with Crippen molar-refractivity contribution >= 4 is 44.9 Å². The summed E-state index contributed by atoms with van der Waals surface area (Å²) < 4.78 is 29.9. The summed E-state index contributed by atoms with van der Waals surface area (Å²) >= 11 is 12.8. The molecule has 0 spiro atoms. The van der Waals surface area contributed by atoms with Crippen molar-refractivity contribution in [1.29, 1.82) is 0 Å². The molecule has 0 unspecified atom stereocenters. The fraction of sp³-hybridized carbons (Fsp3) is 0.500. The zero-order valence-electron chi connectivity index (χ0n) is 30.3. The number of sulfone groups is 1. The van der Waals surface area contributed by atoms with E-state index in [1.54, 1.807) is 6.20 Å². The first-order valence-corrected chi connectivity index (χ1v) is 19.9. The number of aliphatic imine (C=N–C) groups is 1. The lowest BCUT2D eigenvalue weighted by molar-refractivity contribution is 0.0885. The van der Waals surface area contributed by atoms with Gasteiger partial charge in [-0.3, -0.25) is 14.9 Å². The van der Waals surface area contributed by atoms with Gasteiger partial charge >= 0.3 is 6.03 Å². The lowest BCUT2D eigenvalue weighted by atomic mass is 9.71. The van der Waals surface area contributed by atoms with Crippen molar-refractivity contribution in [3.05, 3.63) is 93.2 Å². The van der Waals surface area contributed by atoms with Gasteiger partial charge in [0.1, 0.15) is 32.5 Å². The molecule has 1 fully saturated rings. The van der Waals surface area contributed by atoms with Gasteiger partial charge in [-0.25, -0.2) is 13.2 Å². The number of amidine groups is 1. The van der Waals surface area contributed by atoms with E-state index >= 15 is 4.79 Å². The van der Waals surface area contributed by atoms with Gasteiger partial charge in [0, 0.05) is 65.3 Å². The average molecular weight is 743 g/mol. The Labute approximate surface area is 307 Å². The number of piperidine rings is 1. The van der Waals surface area contributed by atoms with Crippen LogP contribution in [0.5, 0.6) is 5.75 Å². The first-order valence-electron chi connectivity index (χ1n) is 17.1. The number of ether oxygens (including phenoxy) is 1. The minimum atomic E-state index is -3.08. The molecule has 0 aliphatic carbocycles. The second-order valence-electron chi connectivity index (χ2n) is 14.8. The standard InChI is InChI=1S/C38H49Cl2N5O4S/c1-9-49-32-24-33(36(2,3)4)41-25-31(32)34-42-37(5,26-10-14-28(39)15-11-26)38(6,27-12-16-29(40)17-13-27)45(34)35(46)44-20-18-30(19-21-44)43(7)22-23-50(8,47)48/h10-17,24-25,30H,9,18-23H2,1-8H3/t37-,38+/m0/s1. The number of halogens is 2. The summed E-state index contributed by atoms with van der Waals surface area (Å²) in [6.45, 7) is 14.2. The van der Waals surface area contributed by atoms with Gasteiger partial charge < -0.3 is 14.5 Å². The van der Waals surface area contributed by atoms with Gasteiger partial charge in [0.2, 0.25) is 0 Å². The van der Waals surface area contributed by atoms with E-state index in [4.69, 9.17) is 37.9 Å². The summed E-state index contributed by atoms with van der Waals surface area (Å²) in [5, 5.41) is 1.19. The number of nitrogens with zero attached hydrogens (tertiary/aromatic N) is 5. The Morgan fingerprint density at radius 1 is 1.00 bits per heavy atom. The molecule has 2 atom stereocenters. The first-order chi connectivity index (χ1) is 23.4. The maximum absolute atomic E-state index is 15.2. The Bertz CT molecular complexity index is 1840. The van der Waals surface area contributed by atoms with Crippen LogP contribution in [0.3, 0.4) is 0 Å². The minimum Gasteiger partial charge on any atom is -0.493 e. The lowest BCUT2D eigenvalue weighted by Gasteiger charge is -2.47. The molecule has 5 rings (SSSR count).